The fourth-order valence-electron chi connectivity index (χ4n) is 3.23. The molecule has 1 aromatic rings. The van der Waals surface area contributed by atoms with E-state index >= 15 is 0 Å². The van der Waals surface area contributed by atoms with Crippen molar-refractivity contribution in [1.82, 2.24) is 5.16 Å². The molecule has 0 spiro atoms. The number of hydrogen-bond acceptors (Lipinski definition) is 3. The van der Waals surface area contributed by atoms with Crippen LogP contribution in [0.25, 0.3) is 0 Å². The molecule has 1 heterocycles. The van der Waals surface area contributed by atoms with E-state index in [1.54, 1.807) is 0 Å². The van der Waals surface area contributed by atoms with Crippen molar-refractivity contribution in [3.63, 3.8) is 0 Å². The molecular weight excluding hydrogens is 224 g/mol. The van der Waals surface area contributed by atoms with Crippen molar-refractivity contribution in [3.8, 4) is 0 Å². The number of unbranched alkanes of at least 4 members (excludes halogenated alkanes) is 1. The monoisotopic (exact) mass is 250 g/mol. The largest absolute Gasteiger partial charge is 0.367 e. The minimum atomic E-state index is 0.528. The molecule has 1 fully saturated rings. The molecule has 1 aliphatic rings. The van der Waals surface area contributed by atoms with Crippen LogP contribution in [0.5, 0.6) is 0 Å². The van der Waals surface area contributed by atoms with E-state index in [9.17, 15) is 0 Å². The molecule has 3 heteroatoms. The SMILES string of the molecule is CCCCC1CCC(c2noc(N)c2CC)CC1. The molecule has 1 aromatic heterocycles. The maximum absolute atomic E-state index is 5.82. The van der Waals surface area contributed by atoms with Gasteiger partial charge in [-0.15, -0.1) is 0 Å². The fourth-order valence-corrected chi connectivity index (χ4v) is 3.23. The van der Waals surface area contributed by atoms with Gasteiger partial charge in [0, 0.05) is 11.5 Å². The summed E-state index contributed by atoms with van der Waals surface area (Å²) in [4.78, 5) is 0. The Kier molecular flexibility index (Phi) is 4.67. The van der Waals surface area contributed by atoms with Crippen molar-refractivity contribution >= 4 is 5.88 Å². The summed E-state index contributed by atoms with van der Waals surface area (Å²) in [7, 11) is 0. The van der Waals surface area contributed by atoms with Gasteiger partial charge in [-0.3, -0.25) is 0 Å². The third kappa shape index (κ3) is 2.88. The van der Waals surface area contributed by atoms with Gasteiger partial charge in [0.1, 0.15) is 0 Å². The highest BCUT2D eigenvalue weighted by molar-refractivity contribution is 5.40. The predicted octanol–water partition coefficient (Wildman–Crippen LogP) is 4.28. The molecule has 0 radical (unpaired) electrons. The molecule has 2 N–H and O–H groups in total. The lowest BCUT2D eigenvalue weighted by molar-refractivity contribution is 0.294. The average Bonchev–Trinajstić information content (AvgIpc) is 2.78. The van der Waals surface area contributed by atoms with Crippen molar-refractivity contribution < 1.29 is 4.52 Å². The van der Waals surface area contributed by atoms with E-state index in [2.05, 4.69) is 19.0 Å². The fraction of sp³-hybridized carbons (Fsp3) is 0.800. The number of nitrogens with zero attached hydrogens (tertiary/aromatic N) is 1. The Morgan fingerprint density at radius 1 is 1.22 bits per heavy atom. The van der Waals surface area contributed by atoms with Crippen molar-refractivity contribution in [2.75, 3.05) is 5.73 Å². The Hall–Kier alpha value is -0.990. The van der Waals surface area contributed by atoms with Gasteiger partial charge in [0.15, 0.2) is 0 Å². The van der Waals surface area contributed by atoms with Crippen LogP contribution in [0, 0.1) is 5.92 Å². The summed E-state index contributed by atoms with van der Waals surface area (Å²) in [6, 6.07) is 0. The number of anilines is 1. The Bertz CT molecular complexity index is 365. The number of nitrogens with two attached hydrogens (primary N) is 1. The first kappa shape index (κ1) is 13.4. The molecule has 1 saturated carbocycles. The van der Waals surface area contributed by atoms with Gasteiger partial charge in [-0.25, -0.2) is 0 Å². The summed E-state index contributed by atoms with van der Waals surface area (Å²) in [6.07, 6.45) is 10.2. The van der Waals surface area contributed by atoms with E-state index in [4.69, 9.17) is 10.3 Å². The highest BCUT2D eigenvalue weighted by Crippen LogP contribution is 2.39. The van der Waals surface area contributed by atoms with Gasteiger partial charge in [-0.1, -0.05) is 38.3 Å². The van der Waals surface area contributed by atoms with Crippen molar-refractivity contribution in [2.45, 2.75) is 71.1 Å². The third-order valence-electron chi connectivity index (χ3n) is 4.40. The van der Waals surface area contributed by atoms with Gasteiger partial charge >= 0.3 is 0 Å². The molecule has 102 valence electrons. The second-order valence-corrected chi connectivity index (χ2v) is 5.62. The normalized spacial score (nSPS) is 24.3. The lowest BCUT2D eigenvalue weighted by atomic mass is 9.78. The summed E-state index contributed by atoms with van der Waals surface area (Å²) < 4.78 is 5.16. The van der Waals surface area contributed by atoms with Crippen LogP contribution >= 0.6 is 0 Å². The highest BCUT2D eigenvalue weighted by atomic mass is 16.5. The Morgan fingerprint density at radius 3 is 2.56 bits per heavy atom. The highest BCUT2D eigenvalue weighted by Gasteiger charge is 2.26. The zero-order chi connectivity index (χ0) is 13.0. The number of nitrogen functional groups attached to an aromatic ring is 1. The molecule has 0 aromatic carbocycles. The molecule has 18 heavy (non-hydrogen) atoms. The standard InChI is InChI=1S/C15H26N2O/c1-3-5-6-11-7-9-12(10-8-11)14-13(4-2)15(16)18-17-14/h11-12H,3-10,16H2,1-2H3. The lowest BCUT2D eigenvalue weighted by Gasteiger charge is -2.27. The van der Waals surface area contributed by atoms with Gasteiger partial charge in [-0.05, 0) is 38.0 Å². The van der Waals surface area contributed by atoms with E-state index in [0.717, 1.165) is 23.6 Å². The van der Waals surface area contributed by atoms with Crippen molar-refractivity contribution in [1.29, 1.82) is 0 Å². The second-order valence-electron chi connectivity index (χ2n) is 5.62. The summed E-state index contributed by atoms with van der Waals surface area (Å²) in [5.74, 6) is 2.05. The Labute approximate surface area is 110 Å². The molecule has 0 unspecified atom stereocenters. The smallest absolute Gasteiger partial charge is 0.225 e. The first-order valence-electron chi connectivity index (χ1n) is 7.50. The van der Waals surface area contributed by atoms with Gasteiger partial charge in [0.25, 0.3) is 0 Å². The number of rotatable bonds is 5. The van der Waals surface area contributed by atoms with E-state index in [-0.39, 0.29) is 0 Å². The van der Waals surface area contributed by atoms with Crippen molar-refractivity contribution in [2.24, 2.45) is 5.92 Å². The summed E-state index contributed by atoms with van der Waals surface area (Å²) in [5.41, 5.74) is 8.11. The van der Waals surface area contributed by atoms with Crippen molar-refractivity contribution in [3.05, 3.63) is 11.3 Å². The van der Waals surface area contributed by atoms with Crippen LogP contribution < -0.4 is 5.73 Å². The van der Waals surface area contributed by atoms with Gasteiger partial charge in [-0.2, -0.15) is 0 Å². The van der Waals surface area contributed by atoms with E-state index < -0.39 is 0 Å². The number of hydrogen-bond donors (Lipinski definition) is 1. The molecule has 1 aliphatic carbocycles. The Morgan fingerprint density at radius 2 is 1.94 bits per heavy atom. The molecule has 0 amide bonds. The minimum absolute atomic E-state index is 0.528. The Balaban J connectivity index is 1.92. The molecule has 2 rings (SSSR count). The molecule has 3 nitrogen and oxygen atoms in total. The minimum Gasteiger partial charge on any atom is -0.367 e. The van der Waals surface area contributed by atoms with E-state index in [1.165, 1.54) is 44.9 Å². The van der Waals surface area contributed by atoms with Crippen LogP contribution in [-0.4, -0.2) is 5.16 Å². The first-order valence-corrected chi connectivity index (χ1v) is 7.50. The third-order valence-corrected chi connectivity index (χ3v) is 4.40. The van der Waals surface area contributed by atoms with Crippen LogP contribution in [-0.2, 0) is 6.42 Å². The molecular formula is C15H26N2O. The molecule has 0 aliphatic heterocycles. The molecule has 0 saturated heterocycles. The zero-order valence-electron chi connectivity index (χ0n) is 11.7. The molecule has 0 bridgehead atoms. The second kappa shape index (κ2) is 6.26. The quantitative estimate of drug-likeness (QED) is 0.848. The zero-order valence-corrected chi connectivity index (χ0v) is 11.7. The van der Waals surface area contributed by atoms with Crippen LogP contribution in [0.2, 0.25) is 0 Å². The predicted molar refractivity (Wildman–Crippen MR) is 74.5 cm³/mol. The van der Waals surface area contributed by atoms with Gasteiger partial charge < -0.3 is 10.3 Å². The van der Waals surface area contributed by atoms with Gasteiger partial charge in [0.05, 0.1) is 5.69 Å². The summed E-state index contributed by atoms with van der Waals surface area (Å²) >= 11 is 0. The van der Waals surface area contributed by atoms with E-state index in [1.807, 2.05) is 0 Å². The summed E-state index contributed by atoms with van der Waals surface area (Å²) in [6.45, 7) is 4.40. The maximum atomic E-state index is 5.82. The van der Waals surface area contributed by atoms with Crippen LogP contribution in [0.3, 0.4) is 0 Å². The van der Waals surface area contributed by atoms with Crippen LogP contribution in [0.4, 0.5) is 5.88 Å². The number of aromatic nitrogens is 1. The van der Waals surface area contributed by atoms with Crippen LogP contribution in [0.15, 0.2) is 4.52 Å². The van der Waals surface area contributed by atoms with Crippen LogP contribution in [0.1, 0.15) is 76.0 Å². The lowest BCUT2D eigenvalue weighted by Crippen LogP contribution is -2.14. The maximum Gasteiger partial charge on any atom is 0.225 e. The van der Waals surface area contributed by atoms with Gasteiger partial charge in [0.2, 0.25) is 5.88 Å². The van der Waals surface area contributed by atoms with E-state index in [0.29, 0.717) is 11.8 Å². The molecule has 0 atom stereocenters. The first-order chi connectivity index (χ1) is 8.76. The average molecular weight is 250 g/mol. The summed E-state index contributed by atoms with van der Waals surface area (Å²) in [5, 5.41) is 4.20. The topological polar surface area (TPSA) is 52.0 Å².